The highest BCUT2D eigenvalue weighted by atomic mass is 79.9. The van der Waals surface area contributed by atoms with Crippen molar-refractivity contribution in [3.05, 3.63) is 43.3 Å². The Morgan fingerprint density at radius 3 is 2.13 bits per heavy atom. The van der Waals surface area contributed by atoms with E-state index in [0.717, 1.165) is 11.3 Å². The van der Waals surface area contributed by atoms with Gasteiger partial charge in [-0.25, -0.2) is 4.98 Å². The number of halogens is 8. The van der Waals surface area contributed by atoms with Crippen molar-refractivity contribution in [2.75, 3.05) is 5.32 Å². The van der Waals surface area contributed by atoms with E-state index < -0.39 is 23.5 Å². The van der Waals surface area contributed by atoms with Crippen molar-refractivity contribution in [3.63, 3.8) is 0 Å². The number of aromatic nitrogens is 1. The highest BCUT2D eigenvalue weighted by Crippen LogP contribution is 2.43. The van der Waals surface area contributed by atoms with Crippen LogP contribution < -0.4 is 5.32 Å². The largest absolute Gasteiger partial charge is 0.417 e. The van der Waals surface area contributed by atoms with E-state index in [1.165, 1.54) is 6.20 Å². The van der Waals surface area contributed by atoms with Gasteiger partial charge in [0.15, 0.2) is 4.47 Å². The average molecular weight is 440 g/mol. The maximum atomic E-state index is 12.9. The third-order valence-corrected chi connectivity index (χ3v) is 4.47. The van der Waals surface area contributed by atoms with Crippen molar-refractivity contribution in [1.29, 1.82) is 0 Å². The molecule has 0 aliphatic rings. The molecule has 1 aromatic carbocycles. The summed E-state index contributed by atoms with van der Waals surface area (Å²) < 4.78 is 77.1. The number of hydrogen-bond acceptors (Lipinski definition) is 3. The van der Waals surface area contributed by atoms with Crippen LogP contribution >= 0.6 is 38.9 Å². The maximum Gasteiger partial charge on any atom is 0.417 e. The summed E-state index contributed by atoms with van der Waals surface area (Å²) in [7, 11) is 0. The van der Waals surface area contributed by atoms with Gasteiger partial charge in [0.05, 0.1) is 17.7 Å². The van der Waals surface area contributed by atoms with Gasteiger partial charge in [0.25, 0.3) is 0 Å². The fraction of sp³-hybridized carbons (Fsp3) is 0.250. The van der Waals surface area contributed by atoms with E-state index in [0.29, 0.717) is 17.0 Å². The molecule has 2 rings (SSSR count). The molecule has 0 bridgehead atoms. The lowest BCUT2D eigenvalue weighted by Gasteiger charge is -2.18. The fourth-order valence-electron chi connectivity index (χ4n) is 1.73. The minimum atomic E-state index is -5.13. The molecule has 11 heteroatoms. The number of benzene rings is 1. The predicted octanol–water partition coefficient (Wildman–Crippen LogP) is 6.21. The summed E-state index contributed by atoms with van der Waals surface area (Å²) in [6.07, 6.45) is -8.82. The van der Waals surface area contributed by atoms with Crippen LogP contribution in [0.25, 0.3) is 0 Å². The summed E-state index contributed by atoms with van der Waals surface area (Å²) in [5.41, 5.74) is -3.61. The first kappa shape index (κ1) is 18.3. The molecule has 0 spiro atoms. The Morgan fingerprint density at radius 2 is 1.65 bits per heavy atom. The molecule has 1 heterocycles. The van der Waals surface area contributed by atoms with Gasteiger partial charge in [0.1, 0.15) is 0 Å². The zero-order valence-corrected chi connectivity index (χ0v) is 14.0. The topological polar surface area (TPSA) is 24.9 Å². The molecule has 2 nitrogen and oxygen atoms in total. The summed E-state index contributed by atoms with van der Waals surface area (Å²) in [6.45, 7) is 0.0750. The SMILES string of the molecule is FC(F)(F)c1cc(Br)c(NCc2cnc(Cl)s2)cc1C(F)(F)F. The second kappa shape index (κ2) is 6.48. The van der Waals surface area contributed by atoms with Gasteiger partial charge in [-0.15, -0.1) is 11.3 Å². The highest BCUT2D eigenvalue weighted by molar-refractivity contribution is 9.10. The van der Waals surface area contributed by atoms with Gasteiger partial charge in [0.2, 0.25) is 0 Å². The molecule has 0 amide bonds. The van der Waals surface area contributed by atoms with Crippen LogP contribution in [-0.4, -0.2) is 4.98 Å². The van der Waals surface area contributed by atoms with E-state index in [4.69, 9.17) is 11.6 Å². The maximum absolute atomic E-state index is 12.9. The van der Waals surface area contributed by atoms with E-state index in [1.54, 1.807) is 0 Å². The van der Waals surface area contributed by atoms with Crippen LogP contribution in [0.1, 0.15) is 16.0 Å². The normalized spacial score (nSPS) is 12.5. The molecule has 0 saturated heterocycles. The molecule has 126 valence electrons. The zero-order chi connectivity index (χ0) is 17.4. The number of hydrogen-bond donors (Lipinski definition) is 1. The molecule has 0 radical (unpaired) electrons. The molecule has 2 aromatic rings. The van der Waals surface area contributed by atoms with Gasteiger partial charge in [-0.05, 0) is 28.1 Å². The Morgan fingerprint density at radius 1 is 1.09 bits per heavy atom. The van der Waals surface area contributed by atoms with E-state index in [2.05, 4.69) is 26.2 Å². The Kier molecular flexibility index (Phi) is 5.17. The molecule has 23 heavy (non-hydrogen) atoms. The lowest BCUT2D eigenvalue weighted by atomic mass is 10.1. The van der Waals surface area contributed by atoms with Crippen molar-refractivity contribution < 1.29 is 26.3 Å². The molecule has 0 fully saturated rings. The first-order chi connectivity index (χ1) is 10.5. The molecule has 1 N–H and O–H groups in total. The first-order valence-electron chi connectivity index (χ1n) is 5.80. The summed E-state index contributed by atoms with van der Waals surface area (Å²) in [5.74, 6) is 0. The molecule has 0 atom stereocenters. The molecule has 0 aliphatic heterocycles. The number of alkyl halides is 6. The molecule has 0 unspecified atom stereocenters. The van der Waals surface area contributed by atoms with E-state index in [9.17, 15) is 26.3 Å². The smallest absolute Gasteiger partial charge is 0.379 e. The number of anilines is 1. The molecule has 1 aromatic heterocycles. The lowest BCUT2D eigenvalue weighted by molar-refractivity contribution is -0.162. The van der Waals surface area contributed by atoms with Gasteiger partial charge in [-0.1, -0.05) is 11.6 Å². The van der Waals surface area contributed by atoms with Crippen molar-refractivity contribution in [1.82, 2.24) is 4.98 Å². The predicted molar refractivity (Wildman–Crippen MR) is 78.6 cm³/mol. The number of thiazole rings is 1. The minimum Gasteiger partial charge on any atom is -0.379 e. The molecule has 0 saturated carbocycles. The van der Waals surface area contributed by atoms with E-state index in [-0.39, 0.29) is 21.2 Å². The fourth-order valence-corrected chi connectivity index (χ4v) is 3.13. The third-order valence-electron chi connectivity index (χ3n) is 2.70. The van der Waals surface area contributed by atoms with Crippen LogP contribution in [-0.2, 0) is 18.9 Å². The van der Waals surface area contributed by atoms with Crippen LogP contribution in [0.2, 0.25) is 4.47 Å². The van der Waals surface area contributed by atoms with Gasteiger partial charge < -0.3 is 5.32 Å². The number of nitrogens with one attached hydrogen (secondary N) is 1. The minimum absolute atomic E-state index is 0.0750. The van der Waals surface area contributed by atoms with Gasteiger partial charge in [0, 0.05) is 21.2 Å². The van der Waals surface area contributed by atoms with Crippen LogP contribution in [0.5, 0.6) is 0 Å². The van der Waals surface area contributed by atoms with E-state index >= 15 is 0 Å². The van der Waals surface area contributed by atoms with Crippen LogP contribution in [0, 0.1) is 0 Å². The Balaban J connectivity index is 2.37. The molecular formula is C12H6BrClF6N2S. The second-order valence-corrected chi connectivity index (χ2v) is 6.86. The summed E-state index contributed by atoms with van der Waals surface area (Å²) >= 11 is 9.58. The summed E-state index contributed by atoms with van der Waals surface area (Å²) in [5, 5.41) is 2.63. The van der Waals surface area contributed by atoms with Crippen molar-refractivity contribution >= 4 is 44.6 Å². The molecular weight excluding hydrogens is 434 g/mol. The summed E-state index contributed by atoms with van der Waals surface area (Å²) in [4.78, 5) is 4.38. The van der Waals surface area contributed by atoms with Crippen molar-refractivity contribution in [3.8, 4) is 0 Å². The van der Waals surface area contributed by atoms with Gasteiger partial charge in [-0.2, -0.15) is 26.3 Å². The Hall–Kier alpha value is -1.00. The number of nitrogens with zero attached hydrogens (tertiary/aromatic N) is 1. The summed E-state index contributed by atoms with van der Waals surface area (Å²) in [6, 6.07) is 0.834. The average Bonchev–Trinajstić information content (AvgIpc) is 2.80. The Bertz CT molecular complexity index is 713. The lowest BCUT2D eigenvalue weighted by Crippen LogP contribution is -2.17. The van der Waals surface area contributed by atoms with Crippen LogP contribution in [0.15, 0.2) is 22.8 Å². The molecule has 0 aliphatic carbocycles. The van der Waals surface area contributed by atoms with Gasteiger partial charge in [-0.3, -0.25) is 0 Å². The first-order valence-corrected chi connectivity index (χ1v) is 7.79. The second-order valence-electron chi connectivity index (χ2n) is 4.31. The van der Waals surface area contributed by atoms with Gasteiger partial charge >= 0.3 is 12.4 Å². The quantitative estimate of drug-likeness (QED) is 0.575. The van der Waals surface area contributed by atoms with Crippen molar-refractivity contribution in [2.24, 2.45) is 0 Å². The van der Waals surface area contributed by atoms with Crippen LogP contribution in [0.4, 0.5) is 32.0 Å². The third kappa shape index (κ3) is 4.51. The zero-order valence-electron chi connectivity index (χ0n) is 10.8. The monoisotopic (exact) mass is 438 g/mol. The van der Waals surface area contributed by atoms with Crippen LogP contribution in [0.3, 0.4) is 0 Å². The standard InChI is InChI=1S/C12H6BrClF6N2S/c13-8-1-6(11(15,16)17)7(12(18,19)20)2-9(8)21-3-5-4-22-10(14)23-5/h1-2,4,21H,3H2. The van der Waals surface area contributed by atoms with E-state index in [1.807, 2.05) is 0 Å². The number of rotatable bonds is 3. The highest BCUT2D eigenvalue weighted by Gasteiger charge is 2.43. The Labute approximate surface area is 143 Å². The van der Waals surface area contributed by atoms with Crippen molar-refractivity contribution in [2.45, 2.75) is 18.9 Å².